The van der Waals surface area contributed by atoms with Crippen LogP contribution in [0.4, 0.5) is 5.69 Å². The molecule has 1 N–H and O–H groups in total. The van der Waals surface area contributed by atoms with Gasteiger partial charge in [-0.1, -0.05) is 42.5 Å². The first-order valence-corrected chi connectivity index (χ1v) is 11.6. The van der Waals surface area contributed by atoms with E-state index in [1.165, 1.54) is 28.6 Å². The van der Waals surface area contributed by atoms with Gasteiger partial charge >= 0.3 is 5.97 Å². The molecule has 0 radical (unpaired) electrons. The molecule has 1 aliphatic rings. The maximum atomic E-state index is 13.2. The van der Waals surface area contributed by atoms with Gasteiger partial charge in [-0.2, -0.15) is 0 Å². The van der Waals surface area contributed by atoms with Gasteiger partial charge in [-0.05, 0) is 48.4 Å². The van der Waals surface area contributed by atoms with Crippen molar-refractivity contribution in [3.8, 4) is 0 Å². The summed E-state index contributed by atoms with van der Waals surface area (Å²) in [5.41, 5.74) is 1.82. The summed E-state index contributed by atoms with van der Waals surface area (Å²) in [5, 5.41) is 2.13. The smallest absolute Gasteiger partial charge is 0.338 e. The number of sulfonamides is 1. The number of esters is 1. The first-order chi connectivity index (χ1) is 15.9. The SMILES string of the molecule is O=C(COC(=O)c1cccc(S(=O)(=O)N2CCc3ccccc32)c1)NC(=O)c1ccccc1. The van der Waals surface area contributed by atoms with Gasteiger partial charge in [-0.3, -0.25) is 19.2 Å². The van der Waals surface area contributed by atoms with Crippen LogP contribution in [0.25, 0.3) is 0 Å². The molecule has 8 nitrogen and oxygen atoms in total. The van der Waals surface area contributed by atoms with Gasteiger partial charge < -0.3 is 4.74 Å². The number of ether oxygens (including phenoxy) is 1. The van der Waals surface area contributed by atoms with Crippen LogP contribution >= 0.6 is 0 Å². The first-order valence-electron chi connectivity index (χ1n) is 10.1. The molecule has 0 aromatic heterocycles. The van der Waals surface area contributed by atoms with Crippen molar-refractivity contribution in [3.05, 3.63) is 95.6 Å². The molecule has 1 aliphatic heterocycles. The summed E-state index contributed by atoms with van der Waals surface area (Å²) in [7, 11) is -3.88. The van der Waals surface area contributed by atoms with Crippen LogP contribution in [0.2, 0.25) is 0 Å². The van der Waals surface area contributed by atoms with E-state index in [1.807, 2.05) is 12.1 Å². The number of rotatable bonds is 6. The molecule has 0 fully saturated rings. The fourth-order valence-corrected chi connectivity index (χ4v) is 5.06. The Hall–Kier alpha value is -3.98. The second-order valence-corrected chi connectivity index (χ2v) is 9.17. The Balaban J connectivity index is 1.42. The largest absolute Gasteiger partial charge is 0.452 e. The third-order valence-corrected chi connectivity index (χ3v) is 6.93. The molecule has 0 unspecified atom stereocenters. The molecule has 3 aromatic rings. The van der Waals surface area contributed by atoms with E-state index in [0.29, 0.717) is 24.2 Å². The summed E-state index contributed by atoms with van der Waals surface area (Å²) < 4.78 is 32.6. The van der Waals surface area contributed by atoms with Crippen molar-refractivity contribution >= 4 is 33.5 Å². The van der Waals surface area contributed by atoms with E-state index in [1.54, 1.807) is 42.5 Å². The Morgan fingerprint density at radius 1 is 0.879 bits per heavy atom. The van der Waals surface area contributed by atoms with Crippen LogP contribution in [0.5, 0.6) is 0 Å². The van der Waals surface area contributed by atoms with Crippen molar-refractivity contribution in [2.24, 2.45) is 0 Å². The number of nitrogens with one attached hydrogen (secondary N) is 1. The summed E-state index contributed by atoms with van der Waals surface area (Å²) >= 11 is 0. The Bertz CT molecular complexity index is 1320. The van der Waals surface area contributed by atoms with Crippen molar-refractivity contribution in [3.63, 3.8) is 0 Å². The third kappa shape index (κ3) is 4.78. The highest BCUT2D eigenvalue weighted by Gasteiger charge is 2.31. The second-order valence-electron chi connectivity index (χ2n) is 7.30. The quantitative estimate of drug-likeness (QED) is 0.562. The van der Waals surface area contributed by atoms with Crippen LogP contribution in [0.1, 0.15) is 26.3 Å². The number of fused-ring (bicyclic) bond motifs is 1. The molecular formula is C24H20N2O6S. The predicted octanol–water partition coefficient (Wildman–Crippen LogP) is 2.55. The number of hydrogen-bond acceptors (Lipinski definition) is 6. The summed E-state index contributed by atoms with van der Waals surface area (Å²) in [6, 6.07) is 20.8. The normalized spacial score (nSPS) is 12.7. The summed E-state index contributed by atoms with van der Waals surface area (Å²) in [6.45, 7) is -0.375. The van der Waals surface area contributed by atoms with Crippen molar-refractivity contribution in [1.29, 1.82) is 0 Å². The van der Waals surface area contributed by atoms with E-state index < -0.39 is 34.4 Å². The molecule has 0 atom stereocenters. The molecule has 2 amide bonds. The van der Waals surface area contributed by atoms with Crippen LogP contribution in [0.3, 0.4) is 0 Å². The third-order valence-electron chi connectivity index (χ3n) is 5.13. The lowest BCUT2D eigenvalue weighted by molar-refractivity contribution is -0.123. The van der Waals surface area contributed by atoms with Gasteiger partial charge in [0.15, 0.2) is 6.61 Å². The highest BCUT2D eigenvalue weighted by molar-refractivity contribution is 7.92. The number of anilines is 1. The minimum Gasteiger partial charge on any atom is -0.452 e. The lowest BCUT2D eigenvalue weighted by atomic mass is 10.2. The number of nitrogens with zero attached hydrogens (tertiary/aromatic N) is 1. The van der Waals surface area contributed by atoms with Crippen molar-refractivity contribution < 1.29 is 27.5 Å². The molecule has 33 heavy (non-hydrogen) atoms. The lowest BCUT2D eigenvalue weighted by Crippen LogP contribution is -2.34. The van der Waals surface area contributed by atoms with E-state index in [-0.39, 0.29) is 10.5 Å². The van der Waals surface area contributed by atoms with E-state index in [9.17, 15) is 22.8 Å². The molecule has 0 saturated carbocycles. The average Bonchev–Trinajstić information content (AvgIpc) is 3.28. The highest BCUT2D eigenvalue weighted by atomic mass is 32.2. The van der Waals surface area contributed by atoms with E-state index >= 15 is 0 Å². The Labute approximate surface area is 190 Å². The lowest BCUT2D eigenvalue weighted by Gasteiger charge is -2.19. The van der Waals surface area contributed by atoms with Gasteiger partial charge in [0.2, 0.25) is 0 Å². The number of amides is 2. The number of hydrogen-bond donors (Lipinski definition) is 1. The molecule has 3 aromatic carbocycles. The molecule has 9 heteroatoms. The van der Waals surface area contributed by atoms with E-state index in [2.05, 4.69) is 5.32 Å². The minimum absolute atomic E-state index is 0.0225. The molecule has 0 aliphatic carbocycles. The maximum absolute atomic E-state index is 13.2. The maximum Gasteiger partial charge on any atom is 0.338 e. The predicted molar refractivity (Wildman–Crippen MR) is 120 cm³/mol. The number of imide groups is 1. The zero-order valence-corrected chi connectivity index (χ0v) is 18.2. The van der Waals surface area contributed by atoms with Crippen LogP contribution in [-0.2, 0) is 26.0 Å². The molecular weight excluding hydrogens is 444 g/mol. The van der Waals surface area contributed by atoms with Crippen molar-refractivity contribution in [2.45, 2.75) is 11.3 Å². The monoisotopic (exact) mass is 464 g/mol. The fraction of sp³-hybridized carbons (Fsp3) is 0.125. The van der Waals surface area contributed by atoms with Gasteiger partial charge in [0.1, 0.15) is 0 Å². The Morgan fingerprint density at radius 3 is 2.36 bits per heavy atom. The van der Waals surface area contributed by atoms with Crippen LogP contribution < -0.4 is 9.62 Å². The van der Waals surface area contributed by atoms with Gasteiger partial charge in [0.25, 0.3) is 21.8 Å². The van der Waals surface area contributed by atoms with Crippen LogP contribution in [0, 0.1) is 0 Å². The standard InChI is InChI=1S/C24H20N2O6S/c27-22(25-23(28)18-8-2-1-3-9-18)16-32-24(29)19-10-6-11-20(15-19)33(30,31)26-14-13-17-7-4-5-12-21(17)26/h1-12,15H,13-14,16H2,(H,25,27,28). The Morgan fingerprint density at radius 2 is 1.58 bits per heavy atom. The zero-order chi connectivity index (χ0) is 23.4. The zero-order valence-electron chi connectivity index (χ0n) is 17.4. The minimum atomic E-state index is -3.88. The van der Waals surface area contributed by atoms with Crippen LogP contribution in [0.15, 0.2) is 83.8 Å². The summed E-state index contributed by atoms with van der Waals surface area (Å²) in [4.78, 5) is 36.3. The van der Waals surface area contributed by atoms with E-state index in [0.717, 1.165) is 5.56 Å². The van der Waals surface area contributed by atoms with Crippen molar-refractivity contribution in [2.75, 3.05) is 17.5 Å². The molecule has 0 saturated heterocycles. The summed E-state index contributed by atoms with van der Waals surface area (Å²) in [6.07, 6.45) is 0.605. The highest BCUT2D eigenvalue weighted by Crippen LogP contribution is 2.32. The van der Waals surface area contributed by atoms with Crippen LogP contribution in [-0.4, -0.2) is 39.4 Å². The number of benzene rings is 3. The fourth-order valence-electron chi connectivity index (χ4n) is 3.51. The average molecular weight is 464 g/mol. The van der Waals surface area contributed by atoms with Crippen molar-refractivity contribution in [1.82, 2.24) is 5.32 Å². The number of carbonyl (C=O) groups is 3. The van der Waals surface area contributed by atoms with Gasteiger partial charge in [-0.15, -0.1) is 0 Å². The second kappa shape index (κ2) is 9.25. The van der Waals surface area contributed by atoms with Gasteiger partial charge in [0, 0.05) is 12.1 Å². The molecule has 0 bridgehead atoms. The van der Waals surface area contributed by atoms with Gasteiger partial charge in [-0.25, -0.2) is 13.2 Å². The molecule has 168 valence electrons. The molecule has 0 spiro atoms. The number of carbonyl (C=O) groups excluding carboxylic acids is 3. The first kappa shape index (κ1) is 22.2. The number of para-hydroxylation sites is 1. The summed E-state index contributed by atoms with van der Waals surface area (Å²) in [5.74, 6) is -2.29. The van der Waals surface area contributed by atoms with Gasteiger partial charge in [0.05, 0.1) is 16.1 Å². The topological polar surface area (TPSA) is 110 Å². The molecule has 4 rings (SSSR count). The van der Waals surface area contributed by atoms with E-state index in [4.69, 9.17) is 4.74 Å². The molecule has 1 heterocycles. The Kier molecular flexibility index (Phi) is 6.23.